The molecule has 0 spiro atoms. The standard InChI is InChI=1S/C23H24ClN3O/c1-16-21(17(2)27(26-16)20-7-4-3-5-8-20)15-25-22(28)23(13-6-14-23)18-9-11-19(24)12-10-18/h3-5,7-12H,6,13-15H2,1-2H3,(H,25,28). The van der Waals surface area contributed by atoms with Crippen molar-refractivity contribution in [2.75, 3.05) is 0 Å². The van der Waals surface area contributed by atoms with E-state index < -0.39 is 5.41 Å². The molecule has 1 N–H and O–H groups in total. The number of rotatable bonds is 5. The summed E-state index contributed by atoms with van der Waals surface area (Å²) in [5.74, 6) is 0.0901. The molecule has 1 aromatic heterocycles. The molecule has 0 bridgehead atoms. The molecule has 4 rings (SSSR count). The van der Waals surface area contributed by atoms with Crippen molar-refractivity contribution < 1.29 is 4.79 Å². The molecule has 1 amide bonds. The highest BCUT2D eigenvalue weighted by molar-refractivity contribution is 6.30. The fraction of sp³-hybridized carbons (Fsp3) is 0.304. The van der Waals surface area contributed by atoms with Gasteiger partial charge in [0.25, 0.3) is 0 Å². The van der Waals surface area contributed by atoms with E-state index in [1.807, 2.05) is 73.1 Å². The summed E-state index contributed by atoms with van der Waals surface area (Å²) in [7, 11) is 0. The number of carbonyl (C=O) groups excluding carboxylic acids is 1. The van der Waals surface area contributed by atoms with Crippen LogP contribution in [-0.2, 0) is 16.8 Å². The van der Waals surface area contributed by atoms with Crippen LogP contribution in [0.2, 0.25) is 5.02 Å². The van der Waals surface area contributed by atoms with Gasteiger partial charge >= 0.3 is 0 Å². The molecule has 28 heavy (non-hydrogen) atoms. The van der Waals surface area contributed by atoms with Gasteiger partial charge in [0.05, 0.1) is 16.8 Å². The predicted molar refractivity (Wildman–Crippen MR) is 112 cm³/mol. The summed E-state index contributed by atoms with van der Waals surface area (Å²) in [6, 6.07) is 17.7. The van der Waals surface area contributed by atoms with Crippen LogP contribution in [0.4, 0.5) is 0 Å². The van der Waals surface area contributed by atoms with E-state index in [4.69, 9.17) is 11.6 Å². The van der Waals surface area contributed by atoms with Gasteiger partial charge < -0.3 is 5.32 Å². The number of nitrogens with one attached hydrogen (secondary N) is 1. The molecule has 1 aliphatic carbocycles. The molecule has 1 heterocycles. The van der Waals surface area contributed by atoms with Gasteiger partial charge in [0.1, 0.15) is 0 Å². The average molecular weight is 394 g/mol. The summed E-state index contributed by atoms with van der Waals surface area (Å²) < 4.78 is 1.94. The first-order valence-corrected chi connectivity index (χ1v) is 10.0. The highest BCUT2D eigenvalue weighted by Gasteiger charge is 2.45. The van der Waals surface area contributed by atoms with Crippen LogP contribution in [0.5, 0.6) is 0 Å². The Morgan fingerprint density at radius 2 is 1.79 bits per heavy atom. The van der Waals surface area contributed by atoms with Crippen LogP contribution >= 0.6 is 11.6 Å². The van der Waals surface area contributed by atoms with E-state index in [-0.39, 0.29) is 5.91 Å². The zero-order valence-corrected chi connectivity index (χ0v) is 17.0. The van der Waals surface area contributed by atoms with Crippen molar-refractivity contribution >= 4 is 17.5 Å². The van der Waals surface area contributed by atoms with E-state index >= 15 is 0 Å². The molecule has 0 aliphatic heterocycles. The number of hydrogen-bond donors (Lipinski definition) is 1. The first kappa shape index (κ1) is 18.8. The van der Waals surface area contributed by atoms with Gasteiger partial charge in [-0.1, -0.05) is 48.4 Å². The van der Waals surface area contributed by atoms with Crippen molar-refractivity contribution in [1.29, 1.82) is 0 Å². The zero-order valence-electron chi connectivity index (χ0n) is 16.2. The molecule has 1 aliphatic rings. The SMILES string of the molecule is Cc1nn(-c2ccccc2)c(C)c1CNC(=O)C1(c2ccc(Cl)cc2)CCC1. The lowest BCUT2D eigenvalue weighted by atomic mass is 9.64. The molecule has 0 atom stereocenters. The largest absolute Gasteiger partial charge is 0.351 e. The molecule has 1 saturated carbocycles. The van der Waals surface area contributed by atoms with Gasteiger partial charge in [-0.25, -0.2) is 4.68 Å². The molecule has 0 unspecified atom stereocenters. The Morgan fingerprint density at radius 1 is 1.11 bits per heavy atom. The summed E-state index contributed by atoms with van der Waals surface area (Å²) in [4.78, 5) is 13.1. The van der Waals surface area contributed by atoms with Gasteiger partial charge in [0.2, 0.25) is 5.91 Å². The minimum atomic E-state index is -0.429. The molecule has 1 fully saturated rings. The lowest BCUT2D eigenvalue weighted by Gasteiger charge is -2.40. The van der Waals surface area contributed by atoms with Crippen molar-refractivity contribution in [3.63, 3.8) is 0 Å². The highest BCUT2D eigenvalue weighted by Crippen LogP contribution is 2.44. The third-order valence-corrected chi connectivity index (χ3v) is 6.16. The van der Waals surface area contributed by atoms with Gasteiger partial charge in [-0.2, -0.15) is 5.10 Å². The first-order chi connectivity index (χ1) is 13.5. The van der Waals surface area contributed by atoms with Gasteiger partial charge in [0, 0.05) is 22.8 Å². The van der Waals surface area contributed by atoms with Gasteiger partial charge in [-0.15, -0.1) is 0 Å². The minimum Gasteiger partial charge on any atom is -0.351 e. The number of halogens is 1. The Kier molecular flexibility index (Phi) is 4.98. The maximum absolute atomic E-state index is 13.1. The summed E-state index contributed by atoms with van der Waals surface area (Å²) in [6.45, 7) is 4.53. The number of amides is 1. The maximum Gasteiger partial charge on any atom is 0.230 e. The van der Waals surface area contributed by atoms with Crippen molar-refractivity contribution in [3.05, 3.63) is 82.1 Å². The number of aromatic nitrogens is 2. The topological polar surface area (TPSA) is 46.9 Å². The van der Waals surface area contributed by atoms with Crippen molar-refractivity contribution in [2.24, 2.45) is 0 Å². The number of para-hydroxylation sites is 1. The van der Waals surface area contributed by atoms with E-state index in [1.165, 1.54) is 0 Å². The molecule has 3 aromatic rings. The molecule has 0 radical (unpaired) electrons. The van der Waals surface area contributed by atoms with E-state index in [0.29, 0.717) is 11.6 Å². The van der Waals surface area contributed by atoms with Gasteiger partial charge in [-0.05, 0) is 56.5 Å². The Morgan fingerprint density at radius 3 is 2.39 bits per heavy atom. The third kappa shape index (κ3) is 3.22. The van der Waals surface area contributed by atoms with Crippen LogP contribution in [-0.4, -0.2) is 15.7 Å². The Hall–Kier alpha value is -2.59. The average Bonchev–Trinajstić information content (AvgIpc) is 2.95. The number of benzene rings is 2. The zero-order chi connectivity index (χ0) is 19.7. The van der Waals surface area contributed by atoms with Crippen LogP contribution < -0.4 is 5.32 Å². The summed E-state index contributed by atoms with van der Waals surface area (Å²) in [6.07, 6.45) is 2.82. The quantitative estimate of drug-likeness (QED) is 0.671. The highest BCUT2D eigenvalue weighted by atomic mass is 35.5. The number of nitrogens with zero attached hydrogens (tertiary/aromatic N) is 2. The lowest BCUT2D eigenvalue weighted by Crippen LogP contribution is -2.49. The second-order valence-corrected chi connectivity index (χ2v) is 7.96. The Labute approximate surface area is 170 Å². The third-order valence-electron chi connectivity index (χ3n) is 5.91. The maximum atomic E-state index is 13.1. The van der Waals surface area contributed by atoms with Crippen LogP contribution in [0, 0.1) is 13.8 Å². The molecule has 144 valence electrons. The number of hydrogen-bond acceptors (Lipinski definition) is 2. The fourth-order valence-corrected chi connectivity index (χ4v) is 4.16. The number of carbonyl (C=O) groups is 1. The van der Waals surface area contributed by atoms with E-state index in [1.54, 1.807) is 0 Å². The van der Waals surface area contributed by atoms with Crippen LogP contribution in [0.1, 0.15) is 41.8 Å². The molecule has 5 heteroatoms. The fourth-order valence-electron chi connectivity index (χ4n) is 4.04. The van der Waals surface area contributed by atoms with Crippen LogP contribution in [0.3, 0.4) is 0 Å². The van der Waals surface area contributed by atoms with E-state index in [9.17, 15) is 4.79 Å². The second-order valence-electron chi connectivity index (χ2n) is 7.52. The molecule has 2 aromatic carbocycles. The summed E-state index contributed by atoms with van der Waals surface area (Å²) in [5, 5.41) is 8.54. The number of aryl methyl sites for hydroxylation is 1. The smallest absolute Gasteiger partial charge is 0.230 e. The summed E-state index contributed by atoms with van der Waals surface area (Å²) in [5.41, 5.74) is 4.71. The van der Waals surface area contributed by atoms with Gasteiger partial charge in [0.15, 0.2) is 0 Å². The molecule has 4 nitrogen and oxygen atoms in total. The predicted octanol–water partition coefficient (Wildman–Crippen LogP) is 4.88. The lowest BCUT2D eigenvalue weighted by molar-refractivity contribution is -0.130. The normalized spacial score (nSPS) is 15.1. The second kappa shape index (κ2) is 7.44. The monoisotopic (exact) mass is 393 g/mol. The molecular weight excluding hydrogens is 370 g/mol. The molecule has 0 saturated heterocycles. The van der Waals surface area contributed by atoms with E-state index in [2.05, 4.69) is 10.4 Å². The summed E-state index contributed by atoms with van der Waals surface area (Å²) >= 11 is 6.02. The van der Waals surface area contributed by atoms with Crippen molar-refractivity contribution in [1.82, 2.24) is 15.1 Å². The van der Waals surface area contributed by atoms with E-state index in [0.717, 1.165) is 47.5 Å². The minimum absolute atomic E-state index is 0.0901. The van der Waals surface area contributed by atoms with Crippen LogP contribution in [0.15, 0.2) is 54.6 Å². The Balaban J connectivity index is 1.54. The van der Waals surface area contributed by atoms with Crippen LogP contribution in [0.25, 0.3) is 5.69 Å². The molecular formula is C23H24ClN3O. The van der Waals surface area contributed by atoms with Crippen molar-refractivity contribution in [2.45, 2.75) is 45.1 Å². The Bertz CT molecular complexity index is 989. The van der Waals surface area contributed by atoms with Crippen molar-refractivity contribution in [3.8, 4) is 5.69 Å². The van der Waals surface area contributed by atoms with Gasteiger partial charge in [-0.3, -0.25) is 4.79 Å². The first-order valence-electron chi connectivity index (χ1n) is 9.66.